The van der Waals surface area contributed by atoms with Gasteiger partial charge in [-0.3, -0.25) is 4.90 Å². The van der Waals surface area contributed by atoms with Gasteiger partial charge in [0.05, 0.1) is 6.54 Å². The normalized spacial score (nSPS) is 30.2. The van der Waals surface area contributed by atoms with Crippen LogP contribution >= 0.6 is 0 Å². The maximum absolute atomic E-state index is 12.5. The minimum Gasteiger partial charge on any atom is -0.312 e. The van der Waals surface area contributed by atoms with E-state index in [1.165, 1.54) is 6.42 Å². The lowest BCUT2D eigenvalue weighted by atomic mass is 9.82. The van der Waals surface area contributed by atoms with E-state index in [0.29, 0.717) is 12.0 Å². The Morgan fingerprint density at radius 3 is 2.65 bits per heavy atom. The minimum atomic E-state index is -2.23. The van der Waals surface area contributed by atoms with Crippen molar-refractivity contribution in [2.45, 2.75) is 58.0 Å². The zero-order chi connectivity index (χ0) is 12.8. The van der Waals surface area contributed by atoms with Gasteiger partial charge in [0.2, 0.25) is 0 Å². The van der Waals surface area contributed by atoms with Crippen LogP contribution in [-0.4, -0.2) is 43.5 Å². The Morgan fingerprint density at radius 2 is 2.06 bits per heavy atom. The summed E-state index contributed by atoms with van der Waals surface area (Å²) in [5.41, 5.74) is 0. The van der Waals surface area contributed by atoms with E-state index in [9.17, 15) is 8.78 Å². The van der Waals surface area contributed by atoms with Crippen molar-refractivity contribution in [2.75, 3.05) is 20.1 Å². The number of alkyl halides is 2. The second-order valence-electron chi connectivity index (χ2n) is 5.38. The molecule has 0 saturated heterocycles. The first-order valence-electron chi connectivity index (χ1n) is 6.76. The topological polar surface area (TPSA) is 15.3 Å². The van der Waals surface area contributed by atoms with E-state index in [1.54, 1.807) is 0 Å². The summed E-state index contributed by atoms with van der Waals surface area (Å²) >= 11 is 0. The fourth-order valence-electron chi connectivity index (χ4n) is 2.76. The van der Waals surface area contributed by atoms with Crippen LogP contribution in [0.3, 0.4) is 0 Å². The molecule has 0 bridgehead atoms. The number of nitrogens with zero attached hydrogens (tertiary/aromatic N) is 1. The smallest absolute Gasteiger partial charge is 0.251 e. The number of halogens is 2. The second kappa shape index (κ2) is 7.27. The van der Waals surface area contributed by atoms with Crippen molar-refractivity contribution in [3.63, 3.8) is 0 Å². The molecule has 0 amide bonds. The van der Waals surface area contributed by atoms with Gasteiger partial charge in [0, 0.05) is 12.1 Å². The summed E-state index contributed by atoms with van der Waals surface area (Å²) in [7, 11) is 1.83. The van der Waals surface area contributed by atoms with E-state index in [1.807, 2.05) is 11.9 Å². The van der Waals surface area contributed by atoms with Crippen molar-refractivity contribution < 1.29 is 8.78 Å². The van der Waals surface area contributed by atoms with Crippen LogP contribution in [0.2, 0.25) is 0 Å². The molecule has 0 radical (unpaired) electrons. The molecule has 1 N–H and O–H groups in total. The number of nitrogens with one attached hydrogen (secondary N) is 1. The molecule has 1 fully saturated rings. The maximum atomic E-state index is 12.5. The summed E-state index contributed by atoms with van der Waals surface area (Å²) in [6.07, 6.45) is 2.21. The average Bonchev–Trinajstić information content (AvgIpc) is 2.26. The average molecular weight is 248 g/mol. The van der Waals surface area contributed by atoms with Gasteiger partial charge in [0.1, 0.15) is 0 Å². The zero-order valence-corrected chi connectivity index (χ0v) is 11.3. The van der Waals surface area contributed by atoms with Gasteiger partial charge in [-0.1, -0.05) is 13.8 Å². The molecule has 3 unspecified atom stereocenters. The standard InChI is InChI=1S/C13H26F2N2/c1-4-7-16-11-6-5-10(2)8-12(11)17(3)9-13(14)15/h10-13,16H,4-9H2,1-3H3. The quantitative estimate of drug-likeness (QED) is 0.777. The van der Waals surface area contributed by atoms with Crippen molar-refractivity contribution >= 4 is 0 Å². The first kappa shape index (κ1) is 14.8. The highest BCUT2D eigenvalue weighted by Gasteiger charge is 2.31. The highest BCUT2D eigenvalue weighted by molar-refractivity contribution is 4.89. The van der Waals surface area contributed by atoms with Gasteiger partial charge in [-0.2, -0.15) is 0 Å². The molecule has 0 aromatic heterocycles. The third kappa shape index (κ3) is 4.88. The molecule has 0 heterocycles. The van der Waals surface area contributed by atoms with Crippen LogP contribution < -0.4 is 5.32 Å². The van der Waals surface area contributed by atoms with Gasteiger partial charge >= 0.3 is 0 Å². The van der Waals surface area contributed by atoms with Crippen LogP contribution in [0, 0.1) is 5.92 Å². The molecule has 0 aromatic carbocycles. The van der Waals surface area contributed by atoms with Gasteiger partial charge in [-0.05, 0) is 45.2 Å². The van der Waals surface area contributed by atoms with E-state index in [-0.39, 0.29) is 12.6 Å². The van der Waals surface area contributed by atoms with Gasteiger partial charge in [0.25, 0.3) is 6.43 Å². The second-order valence-corrected chi connectivity index (χ2v) is 5.38. The predicted molar refractivity (Wildman–Crippen MR) is 67.5 cm³/mol. The molecule has 1 saturated carbocycles. The SMILES string of the molecule is CCCNC1CCC(C)CC1N(C)CC(F)F. The van der Waals surface area contributed by atoms with Crippen LogP contribution in [-0.2, 0) is 0 Å². The van der Waals surface area contributed by atoms with Crippen molar-refractivity contribution in [3.05, 3.63) is 0 Å². The van der Waals surface area contributed by atoms with E-state index < -0.39 is 6.43 Å². The molecule has 3 atom stereocenters. The Kier molecular flexibility index (Phi) is 6.34. The molecule has 1 aliphatic carbocycles. The van der Waals surface area contributed by atoms with E-state index in [4.69, 9.17) is 0 Å². The molecule has 0 aliphatic heterocycles. The fourth-order valence-corrected chi connectivity index (χ4v) is 2.76. The largest absolute Gasteiger partial charge is 0.312 e. The molecule has 4 heteroatoms. The third-order valence-electron chi connectivity index (χ3n) is 3.73. The van der Waals surface area contributed by atoms with E-state index >= 15 is 0 Å². The summed E-state index contributed by atoms with van der Waals surface area (Å²) in [6, 6.07) is 0.647. The summed E-state index contributed by atoms with van der Waals surface area (Å²) in [6.45, 7) is 5.23. The van der Waals surface area contributed by atoms with Crippen molar-refractivity contribution in [2.24, 2.45) is 5.92 Å². The molecular formula is C13H26F2N2. The van der Waals surface area contributed by atoms with Crippen LogP contribution in [0.25, 0.3) is 0 Å². The summed E-state index contributed by atoms with van der Waals surface area (Å²) < 4.78 is 24.9. The molecule has 17 heavy (non-hydrogen) atoms. The highest BCUT2D eigenvalue weighted by Crippen LogP contribution is 2.27. The van der Waals surface area contributed by atoms with Crippen molar-refractivity contribution in [1.82, 2.24) is 10.2 Å². The Hall–Kier alpha value is -0.220. The molecule has 1 aliphatic rings. The van der Waals surface area contributed by atoms with Gasteiger partial charge in [0.15, 0.2) is 0 Å². The number of likely N-dealkylation sites (N-methyl/N-ethyl adjacent to an activating group) is 1. The highest BCUT2D eigenvalue weighted by atomic mass is 19.3. The number of hydrogen-bond acceptors (Lipinski definition) is 2. The Morgan fingerprint density at radius 1 is 1.35 bits per heavy atom. The number of rotatable bonds is 6. The molecule has 0 spiro atoms. The molecular weight excluding hydrogens is 222 g/mol. The summed E-state index contributed by atoms with van der Waals surface area (Å²) in [4.78, 5) is 1.84. The van der Waals surface area contributed by atoms with Crippen LogP contribution in [0.15, 0.2) is 0 Å². The van der Waals surface area contributed by atoms with Gasteiger partial charge < -0.3 is 5.32 Å². The maximum Gasteiger partial charge on any atom is 0.251 e. The monoisotopic (exact) mass is 248 g/mol. The zero-order valence-electron chi connectivity index (χ0n) is 11.3. The lowest BCUT2D eigenvalue weighted by Gasteiger charge is -2.40. The van der Waals surface area contributed by atoms with E-state index in [2.05, 4.69) is 19.2 Å². The van der Waals surface area contributed by atoms with Crippen LogP contribution in [0.5, 0.6) is 0 Å². The van der Waals surface area contributed by atoms with E-state index in [0.717, 1.165) is 25.8 Å². The van der Waals surface area contributed by atoms with Crippen molar-refractivity contribution in [1.29, 1.82) is 0 Å². The Bertz CT molecular complexity index is 210. The first-order chi connectivity index (χ1) is 8.04. The molecule has 0 aromatic rings. The summed E-state index contributed by atoms with van der Waals surface area (Å²) in [5.74, 6) is 0.653. The first-order valence-corrected chi connectivity index (χ1v) is 6.76. The minimum absolute atomic E-state index is 0.109. The van der Waals surface area contributed by atoms with Crippen LogP contribution in [0.4, 0.5) is 8.78 Å². The van der Waals surface area contributed by atoms with Gasteiger partial charge in [-0.15, -0.1) is 0 Å². The van der Waals surface area contributed by atoms with Gasteiger partial charge in [-0.25, -0.2) is 8.78 Å². The lowest BCUT2D eigenvalue weighted by molar-refractivity contribution is 0.0508. The molecule has 2 nitrogen and oxygen atoms in total. The Labute approximate surface area is 104 Å². The Balaban J connectivity index is 2.53. The number of hydrogen-bond donors (Lipinski definition) is 1. The molecule has 102 valence electrons. The summed E-state index contributed by atoms with van der Waals surface area (Å²) in [5, 5.41) is 3.51. The fraction of sp³-hybridized carbons (Fsp3) is 1.00. The molecule has 1 rings (SSSR count). The van der Waals surface area contributed by atoms with Crippen LogP contribution in [0.1, 0.15) is 39.5 Å². The lowest BCUT2D eigenvalue weighted by Crippen LogP contribution is -2.52. The third-order valence-corrected chi connectivity index (χ3v) is 3.73. The van der Waals surface area contributed by atoms with Crippen molar-refractivity contribution in [3.8, 4) is 0 Å². The predicted octanol–water partition coefficient (Wildman–Crippen LogP) is 2.74.